The molecule has 248 valence electrons. The van der Waals surface area contributed by atoms with E-state index in [0.29, 0.717) is 0 Å². The number of hydrogen-bond acceptors (Lipinski definition) is 0. The average Bonchev–Trinajstić information content (AvgIpc) is 3.21. The first-order valence-corrected chi connectivity index (χ1v) is 18.0. The Morgan fingerprint density at radius 1 is 0.192 bits per heavy atom. The van der Waals surface area contributed by atoms with Crippen molar-refractivity contribution < 1.29 is 18.3 Å². The van der Waals surface area contributed by atoms with Crippen molar-refractivity contribution in [1.82, 2.24) is 0 Å². The standard InChI is InChI=1S/C48H40N4/c1-2-38-4-3-37(1)33-41-17-25-49(26-18-41)45-9-11-47(12-10-45)51-29-21-43(22-30-51)35-39-5-7-40(8-6-39)36-44-23-31-52(32-24-44)48-15-13-46(14-16-48)50-27-19-42(34-38)20-28-50/h1-32H,33-36H2/q+4. The Bertz CT molecular complexity index is 2060. The van der Waals surface area contributed by atoms with Crippen molar-refractivity contribution in [2.75, 3.05) is 0 Å². The highest BCUT2D eigenvalue weighted by molar-refractivity contribution is 5.36. The molecular weight excluding hydrogens is 633 g/mol. The van der Waals surface area contributed by atoms with Crippen LogP contribution in [-0.2, 0) is 25.7 Å². The summed E-state index contributed by atoms with van der Waals surface area (Å²) in [7, 11) is 0. The molecular formula is C48H40N4+4. The number of nitrogens with zero attached hydrogens (tertiary/aromatic N) is 4. The number of rotatable bonds is 0. The first-order chi connectivity index (χ1) is 25.7. The predicted octanol–water partition coefficient (Wildman–Crippen LogP) is 7.47. The molecule has 26 heterocycles. The highest BCUT2D eigenvalue weighted by atomic mass is 15.0. The molecule has 0 radical (unpaired) electrons. The summed E-state index contributed by atoms with van der Waals surface area (Å²) in [5.74, 6) is 0. The maximum atomic E-state index is 2.26. The van der Waals surface area contributed by atoms with Gasteiger partial charge in [0.25, 0.3) is 0 Å². The number of hydrogen-bond donors (Lipinski definition) is 0. The second kappa shape index (κ2) is 14.0. The smallest absolute Gasteiger partial charge is 0.167 e. The van der Waals surface area contributed by atoms with Crippen LogP contribution in [0.25, 0.3) is 22.7 Å². The summed E-state index contributed by atoms with van der Waals surface area (Å²) in [4.78, 5) is 0. The summed E-state index contributed by atoms with van der Waals surface area (Å²) in [6.45, 7) is 0. The van der Waals surface area contributed by atoms with E-state index in [2.05, 4.69) is 213 Å². The van der Waals surface area contributed by atoms with Gasteiger partial charge in [-0.15, -0.1) is 0 Å². The Kier molecular flexibility index (Phi) is 8.47. The van der Waals surface area contributed by atoms with Gasteiger partial charge in [0.15, 0.2) is 49.6 Å². The van der Waals surface area contributed by atoms with Crippen molar-refractivity contribution in [2.45, 2.75) is 25.7 Å². The molecule has 4 heteroatoms. The minimum absolute atomic E-state index is 0.909. The first kappa shape index (κ1) is 31.5. The van der Waals surface area contributed by atoms with E-state index >= 15 is 0 Å². The van der Waals surface area contributed by atoms with Crippen molar-refractivity contribution >= 4 is 0 Å². The van der Waals surface area contributed by atoms with Gasteiger partial charge in [-0.25, -0.2) is 0 Å². The lowest BCUT2D eigenvalue weighted by Gasteiger charge is -2.06. The minimum Gasteiger partial charge on any atom is -0.167 e. The summed E-state index contributed by atoms with van der Waals surface area (Å²) in [6.07, 6.45) is 20.9. The van der Waals surface area contributed by atoms with Crippen LogP contribution < -0.4 is 18.3 Å². The Hall–Kier alpha value is -6.52. The fourth-order valence-corrected chi connectivity index (χ4v) is 7.08. The second-order valence-electron chi connectivity index (χ2n) is 13.8. The van der Waals surface area contributed by atoms with Gasteiger partial charge >= 0.3 is 0 Å². The molecule has 4 aromatic carbocycles. The van der Waals surface area contributed by atoms with Crippen LogP contribution in [0, 0.1) is 0 Å². The Morgan fingerprint density at radius 2 is 0.346 bits per heavy atom. The lowest BCUT2D eigenvalue weighted by atomic mass is 10.0. The summed E-state index contributed by atoms with van der Waals surface area (Å²) in [5, 5.41) is 0. The zero-order valence-electron chi connectivity index (χ0n) is 29.1. The van der Waals surface area contributed by atoms with E-state index in [1.165, 1.54) is 44.5 Å². The molecule has 0 fully saturated rings. The maximum absolute atomic E-state index is 2.26. The van der Waals surface area contributed by atoms with Crippen molar-refractivity contribution in [3.63, 3.8) is 0 Å². The van der Waals surface area contributed by atoms with Gasteiger partial charge in [0.05, 0.1) is 0 Å². The van der Waals surface area contributed by atoms with Crippen molar-refractivity contribution in [2.24, 2.45) is 0 Å². The van der Waals surface area contributed by atoms with Gasteiger partial charge in [-0.2, -0.15) is 18.3 Å². The van der Waals surface area contributed by atoms with E-state index in [1.807, 2.05) is 0 Å². The summed E-state index contributed by atoms with van der Waals surface area (Å²) < 4.78 is 8.71. The normalized spacial score (nSPS) is 12.3. The van der Waals surface area contributed by atoms with Gasteiger partial charge in [0.2, 0.25) is 22.7 Å². The fourth-order valence-electron chi connectivity index (χ4n) is 7.08. The zero-order valence-corrected chi connectivity index (χ0v) is 29.1. The van der Waals surface area contributed by atoms with Gasteiger partial charge in [0, 0.05) is 97.1 Å². The van der Waals surface area contributed by atoms with Crippen molar-refractivity contribution in [1.29, 1.82) is 0 Å². The van der Waals surface area contributed by atoms with E-state index in [4.69, 9.17) is 0 Å². The first-order valence-electron chi connectivity index (χ1n) is 18.0. The quantitative estimate of drug-likeness (QED) is 0.149. The molecule has 0 atom stereocenters. The molecule has 0 spiro atoms. The molecule has 22 aliphatic rings. The number of benzene rings is 4. The van der Waals surface area contributed by atoms with E-state index in [9.17, 15) is 0 Å². The molecule has 52 heavy (non-hydrogen) atoms. The topological polar surface area (TPSA) is 15.5 Å². The van der Waals surface area contributed by atoms with E-state index in [1.54, 1.807) is 0 Å². The molecule has 30 rings (SSSR count). The van der Waals surface area contributed by atoms with E-state index in [-0.39, 0.29) is 0 Å². The van der Waals surface area contributed by atoms with Gasteiger partial charge < -0.3 is 0 Å². The molecule has 0 amide bonds. The molecule has 0 saturated carbocycles. The van der Waals surface area contributed by atoms with Crippen LogP contribution in [0.5, 0.6) is 0 Å². The van der Waals surface area contributed by atoms with Crippen LogP contribution in [0.3, 0.4) is 0 Å². The monoisotopic (exact) mass is 672 g/mol. The third-order valence-electron chi connectivity index (χ3n) is 10.2. The van der Waals surface area contributed by atoms with Crippen LogP contribution >= 0.6 is 0 Å². The van der Waals surface area contributed by atoms with Crippen molar-refractivity contribution in [3.8, 4) is 22.7 Å². The third-order valence-corrected chi connectivity index (χ3v) is 10.2. The molecule has 0 N–H and O–H groups in total. The van der Waals surface area contributed by atoms with Crippen LogP contribution in [0.4, 0.5) is 0 Å². The fraction of sp³-hybridized carbons (Fsp3) is 0.0833. The number of aromatic nitrogens is 4. The third kappa shape index (κ3) is 7.05. The predicted molar refractivity (Wildman–Crippen MR) is 203 cm³/mol. The Morgan fingerprint density at radius 3 is 0.519 bits per heavy atom. The molecule has 8 aromatic rings. The highest BCUT2D eigenvalue weighted by Crippen LogP contribution is 2.16. The molecule has 0 unspecified atom stereocenters. The van der Waals surface area contributed by atoms with E-state index < -0.39 is 0 Å². The van der Waals surface area contributed by atoms with Crippen LogP contribution in [0.15, 0.2) is 195 Å². The average molecular weight is 673 g/mol. The zero-order chi connectivity index (χ0) is 34.7. The Balaban J connectivity index is 0.985. The summed E-state index contributed by atoms with van der Waals surface area (Å²) >= 11 is 0. The van der Waals surface area contributed by atoms with E-state index in [0.717, 1.165) is 48.4 Å². The van der Waals surface area contributed by atoms with Crippen LogP contribution in [0.1, 0.15) is 44.5 Å². The van der Waals surface area contributed by atoms with Gasteiger partial charge in [0.1, 0.15) is 0 Å². The Labute approximate surface area is 305 Å². The molecule has 0 saturated heterocycles. The molecule has 4 aromatic heterocycles. The lowest BCUT2D eigenvalue weighted by molar-refractivity contribution is -0.599. The largest absolute Gasteiger partial charge is 0.211 e. The van der Waals surface area contributed by atoms with Gasteiger partial charge in [-0.1, -0.05) is 48.5 Å². The molecule has 16 bridgehead atoms. The molecule has 4 nitrogen and oxygen atoms in total. The number of pyridine rings is 4. The summed E-state index contributed by atoms with van der Waals surface area (Å²) in [5.41, 5.74) is 15.0. The maximum Gasteiger partial charge on any atom is 0.211 e. The second-order valence-corrected chi connectivity index (χ2v) is 13.8. The van der Waals surface area contributed by atoms with Gasteiger partial charge in [-0.05, 0) is 70.2 Å². The molecule has 22 aliphatic heterocycles. The van der Waals surface area contributed by atoms with Crippen LogP contribution in [0.2, 0.25) is 0 Å². The highest BCUT2D eigenvalue weighted by Gasteiger charge is 2.13. The van der Waals surface area contributed by atoms with Crippen molar-refractivity contribution in [3.05, 3.63) is 240 Å². The molecule has 0 aliphatic carbocycles. The lowest BCUT2D eigenvalue weighted by Crippen LogP contribution is -2.32. The van der Waals surface area contributed by atoms with Gasteiger partial charge in [-0.3, -0.25) is 0 Å². The minimum atomic E-state index is 0.909. The SMILES string of the molecule is c1cc2ccc1Cc1cc[n+](cc1)-c1ccc(cc1)-[n+]1ccc(cc1)Cc1ccc(cc1)Cc1cc[n+](cc1)-c1ccc(cc1)-[n+]1ccc(cc1)C2. The van der Waals surface area contributed by atoms with Crippen LogP contribution in [-0.4, -0.2) is 0 Å². The summed E-state index contributed by atoms with van der Waals surface area (Å²) in [6, 6.07) is 53.3.